The SMILES string of the molecule is COc1ccc2c(c1)C(c1ccc(Cl)cc1)=N[C@@H](CC(=O)NCc1cccc(C3CCN(C(=O)C[C@@H]4N=C(c5ccc(Cl)cc5)c5cc(OC)ccc5-n5c(C)nnc54)CC3)c1)c1nnc(C)n1-2. The number of rotatable bonds is 11. The number of nitrogens with one attached hydrogen (secondary N) is 1. The standard InChI is InChI=1S/C52H48Cl2N10O4/c1-30-58-60-51-43(56-49(34-8-12-37(53)13-9-34)41-25-39(67-3)16-18-45(41)63(30)51)27-47(65)55-29-32-6-5-7-36(24-32)33-20-22-62(23-21-33)48(66)28-44-52-61-59-31(2)64(52)46-19-17-40(68-4)26-42(46)50(57-44)35-10-14-38(54)15-11-35/h5-19,24-26,33,43-44H,20-23,27-29H2,1-4H3,(H,55,65)/t43-,44-/m0/s1. The van der Waals surface area contributed by atoms with E-state index in [1.54, 1.807) is 14.2 Å². The molecule has 1 fully saturated rings. The van der Waals surface area contributed by atoms with Gasteiger partial charge < -0.3 is 19.7 Å². The number of ether oxygens (including phenoxy) is 2. The fraction of sp³-hybridized carbons (Fsp3) is 0.269. The van der Waals surface area contributed by atoms with Crippen molar-refractivity contribution in [1.29, 1.82) is 0 Å². The number of methoxy groups -OCH3 is 2. The molecule has 344 valence electrons. The van der Waals surface area contributed by atoms with E-state index in [0.717, 1.165) is 57.7 Å². The van der Waals surface area contributed by atoms with E-state index in [1.807, 2.05) is 125 Å². The zero-order valence-electron chi connectivity index (χ0n) is 38.0. The number of carbonyl (C=O) groups is 2. The Hall–Kier alpha value is -7.16. The van der Waals surface area contributed by atoms with E-state index in [4.69, 9.17) is 42.7 Å². The minimum absolute atomic E-state index is 0.00941. The Balaban J connectivity index is 0.817. The van der Waals surface area contributed by atoms with E-state index in [2.05, 4.69) is 37.8 Å². The normalized spacial score (nSPS) is 16.5. The predicted octanol–water partition coefficient (Wildman–Crippen LogP) is 9.08. The van der Waals surface area contributed by atoms with Crippen LogP contribution in [-0.4, -0.2) is 85.0 Å². The smallest absolute Gasteiger partial charge is 0.225 e. The summed E-state index contributed by atoms with van der Waals surface area (Å²) in [5.74, 6) is 4.02. The zero-order valence-corrected chi connectivity index (χ0v) is 39.5. The van der Waals surface area contributed by atoms with Gasteiger partial charge >= 0.3 is 0 Å². The van der Waals surface area contributed by atoms with Crippen molar-refractivity contribution in [3.8, 4) is 22.9 Å². The first-order valence-corrected chi connectivity index (χ1v) is 23.3. The minimum atomic E-state index is -0.623. The van der Waals surface area contributed by atoms with Crippen molar-refractivity contribution in [3.05, 3.63) is 176 Å². The zero-order chi connectivity index (χ0) is 47.1. The Kier molecular flexibility index (Phi) is 12.4. The quantitative estimate of drug-likeness (QED) is 0.135. The molecule has 1 saturated heterocycles. The topological polar surface area (TPSA) is 154 Å². The summed E-state index contributed by atoms with van der Waals surface area (Å²) >= 11 is 12.6. The van der Waals surface area contributed by atoms with Gasteiger partial charge in [-0.15, -0.1) is 20.4 Å². The number of aryl methyl sites for hydroxylation is 2. The van der Waals surface area contributed by atoms with Gasteiger partial charge in [0, 0.05) is 51.9 Å². The second-order valence-electron chi connectivity index (χ2n) is 17.2. The van der Waals surface area contributed by atoms with Crippen molar-refractivity contribution in [1.82, 2.24) is 39.7 Å². The van der Waals surface area contributed by atoms with Crippen molar-refractivity contribution in [2.45, 2.75) is 64.1 Å². The highest BCUT2D eigenvalue weighted by molar-refractivity contribution is 6.31. The number of aliphatic imine (C=N–C) groups is 2. The van der Waals surface area contributed by atoms with Gasteiger partial charge in [0.2, 0.25) is 11.8 Å². The predicted molar refractivity (Wildman–Crippen MR) is 261 cm³/mol. The van der Waals surface area contributed by atoms with Gasteiger partial charge in [-0.2, -0.15) is 0 Å². The molecule has 0 saturated carbocycles. The van der Waals surface area contributed by atoms with Crippen molar-refractivity contribution in [2.75, 3.05) is 27.3 Å². The van der Waals surface area contributed by atoms with Crippen LogP contribution >= 0.6 is 23.2 Å². The Morgan fingerprint density at radius 3 is 1.68 bits per heavy atom. The van der Waals surface area contributed by atoms with Gasteiger partial charge in [0.05, 0.1) is 49.9 Å². The van der Waals surface area contributed by atoms with Crippen molar-refractivity contribution in [3.63, 3.8) is 0 Å². The minimum Gasteiger partial charge on any atom is -0.497 e. The largest absolute Gasteiger partial charge is 0.497 e. The molecule has 0 radical (unpaired) electrons. The van der Waals surface area contributed by atoms with Gasteiger partial charge in [-0.05, 0) is 104 Å². The first kappa shape index (κ1) is 44.7. The molecule has 5 aromatic carbocycles. The highest BCUT2D eigenvalue weighted by Crippen LogP contribution is 2.38. The summed E-state index contributed by atoms with van der Waals surface area (Å²) in [6, 6.07) is 33.9. The van der Waals surface area contributed by atoms with Gasteiger partial charge in [-0.1, -0.05) is 71.7 Å². The number of benzene rings is 5. The van der Waals surface area contributed by atoms with E-state index in [-0.39, 0.29) is 30.6 Å². The van der Waals surface area contributed by atoms with Gasteiger partial charge in [0.25, 0.3) is 0 Å². The van der Waals surface area contributed by atoms with E-state index in [1.165, 1.54) is 5.56 Å². The maximum atomic E-state index is 14.2. The average molecular weight is 948 g/mol. The van der Waals surface area contributed by atoms with Crippen LogP contribution in [0.2, 0.25) is 10.0 Å². The molecule has 2 atom stereocenters. The third-order valence-electron chi connectivity index (χ3n) is 13.0. The highest BCUT2D eigenvalue weighted by Gasteiger charge is 2.34. The lowest BCUT2D eigenvalue weighted by Gasteiger charge is -2.33. The molecule has 0 unspecified atom stereocenters. The summed E-state index contributed by atoms with van der Waals surface area (Å²) in [7, 11) is 3.27. The van der Waals surface area contributed by atoms with Crippen LogP contribution in [0, 0.1) is 13.8 Å². The molecule has 7 aromatic rings. The molecule has 3 aliphatic rings. The number of halogens is 2. The summed E-state index contributed by atoms with van der Waals surface area (Å²) in [6.45, 7) is 5.35. The number of fused-ring (bicyclic) bond motifs is 6. The Morgan fingerprint density at radius 1 is 0.647 bits per heavy atom. The monoisotopic (exact) mass is 946 g/mol. The second kappa shape index (κ2) is 18.8. The number of nitrogens with zero attached hydrogens (tertiary/aromatic N) is 9. The molecule has 0 aliphatic carbocycles. The van der Waals surface area contributed by atoms with Gasteiger partial charge in [0.15, 0.2) is 11.6 Å². The summed E-state index contributed by atoms with van der Waals surface area (Å²) in [6.07, 6.45) is 1.79. The molecular weight excluding hydrogens is 900 g/mol. The first-order valence-electron chi connectivity index (χ1n) is 22.6. The van der Waals surface area contributed by atoms with Crippen LogP contribution in [-0.2, 0) is 16.1 Å². The van der Waals surface area contributed by atoms with E-state index >= 15 is 0 Å². The number of likely N-dealkylation sites (tertiary alicyclic amines) is 1. The maximum Gasteiger partial charge on any atom is 0.225 e. The van der Waals surface area contributed by atoms with E-state index < -0.39 is 12.1 Å². The molecule has 10 rings (SSSR count). The van der Waals surface area contributed by atoms with Crippen LogP contribution in [0.5, 0.6) is 11.5 Å². The lowest BCUT2D eigenvalue weighted by atomic mass is 9.88. The van der Waals surface area contributed by atoms with Crippen LogP contribution in [0.3, 0.4) is 0 Å². The Morgan fingerprint density at radius 2 is 1.16 bits per heavy atom. The molecular formula is C52H48Cl2N10O4. The third-order valence-corrected chi connectivity index (χ3v) is 13.5. The number of hydrogen-bond acceptors (Lipinski definition) is 10. The van der Waals surface area contributed by atoms with Crippen LogP contribution in [0.25, 0.3) is 11.4 Å². The molecule has 68 heavy (non-hydrogen) atoms. The molecule has 2 amide bonds. The maximum absolute atomic E-state index is 14.2. The molecule has 2 aromatic heterocycles. The van der Waals surface area contributed by atoms with E-state index in [9.17, 15) is 9.59 Å². The lowest BCUT2D eigenvalue weighted by Crippen LogP contribution is -2.38. The summed E-state index contributed by atoms with van der Waals surface area (Å²) in [5.41, 5.74) is 8.69. The fourth-order valence-corrected chi connectivity index (χ4v) is 9.77. The molecule has 0 bridgehead atoms. The molecule has 5 heterocycles. The van der Waals surface area contributed by atoms with Gasteiger partial charge in [0.1, 0.15) is 35.2 Å². The number of hydrogen-bond donors (Lipinski definition) is 1. The van der Waals surface area contributed by atoms with Crippen LogP contribution in [0.15, 0.2) is 119 Å². The third kappa shape index (κ3) is 8.77. The number of piperidine rings is 1. The summed E-state index contributed by atoms with van der Waals surface area (Å²) in [5, 5.41) is 22.3. The lowest BCUT2D eigenvalue weighted by molar-refractivity contribution is -0.132. The molecule has 3 aliphatic heterocycles. The van der Waals surface area contributed by atoms with Crippen LogP contribution < -0.4 is 14.8 Å². The molecule has 1 N–H and O–H groups in total. The number of aromatic nitrogens is 6. The average Bonchev–Trinajstić information content (AvgIpc) is 3.87. The molecule has 0 spiro atoms. The fourth-order valence-electron chi connectivity index (χ4n) is 9.52. The number of carbonyl (C=O) groups excluding carboxylic acids is 2. The summed E-state index contributed by atoms with van der Waals surface area (Å²) in [4.78, 5) is 40.5. The van der Waals surface area contributed by atoms with Crippen molar-refractivity contribution >= 4 is 46.4 Å². The van der Waals surface area contributed by atoms with Crippen LogP contribution in [0.4, 0.5) is 0 Å². The molecule has 16 heteroatoms. The van der Waals surface area contributed by atoms with Crippen LogP contribution in [0.1, 0.15) is 100 Å². The van der Waals surface area contributed by atoms with Gasteiger partial charge in [-0.25, -0.2) is 0 Å². The Bertz CT molecular complexity index is 3120. The van der Waals surface area contributed by atoms with E-state index in [0.29, 0.717) is 70.2 Å². The highest BCUT2D eigenvalue weighted by atomic mass is 35.5. The Labute approximate surface area is 403 Å². The molecule has 14 nitrogen and oxygen atoms in total. The van der Waals surface area contributed by atoms with Crippen molar-refractivity contribution in [2.24, 2.45) is 9.98 Å². The van der Waals surface area contributed by atoms with Crippen molar-refractivity contribution < 1.29 is 19.1 Å². The summed E-state index contributed by atoms with van der Waals surface area (Å²) < 4.78 is 15.2. The van der Waals surface area contributed by atoms with Gasteiger partial charge in [-0.3, -0.25) is 28.7 Å². The first-order chi connectivity index (χ1) is 33.0. The number of amides is 2. The second-order valence-corrected chi connectivity index (χ2v) is 18.1.